The Morgan fingerprint density at radius 2 is 2.19 bits per heavy atom. The molecule has 1 aliphatic carbocycles. The summed E-state index contributed by atoms with van der Waals surface area (Å²) >= 11 is 0. The van der Waals surface area contributed by atoms with Crippen molar-refractivity contribution < 1.29 is 14.3 Å². The van der Waals surface area contributed by atoms with Crippen LogP contribution in [0.5, 0.6) is 5.75 Å². The number of hydrogen-bond acceptors (Lipinski definition) is 3. The zero-order valence-corrected chi connectivity index (χ0v) is 8.86. The molecule has 0 bridgehead atoms. The highest BCUT2D eigenvalue weighted by Gasteiger charge is 2.22. The van der Waals surface area contributed by atoms with Gasteiger partial charge in [-0.1, -0.05) is 12.1 Å². The first-order valence-electron chi connectivity index (χ1n) is 5.24. The Balaban J connectivity index is 2.11. The molecule has 16 heavy (non-hydrogen) atoms. The summed E-state index contributed by atoms with van der Waals surface area (Å²) in [6.45, 7) is 0.264. The number of amides is 1. The van der Waals surface area contributed by atoms with Crippen molar-refractivity contribution in [3.63, 3.8) is 0 Å². The van der Waals surface area contributed by atoms with Crippen LogP contribution in [0.3, 0.4) is 0 Å². The van der Waals surface area contributed by atoms with Gasteiger partial charge in [-0.15, -0.1) is 0 Å². The van der Waals surface area contributed by atoms with Gasteiger partial charge in [-0.3, -0.25) is 9.59 Å². The van der Waals surface area contributed by atoms with Gasteiger partial charge < -0.3 is 10.5 Å². The minimum atomic E-state index is -0.386. The lowest BCUT2D eigenvalue weighted by molar-refractivity contribution is -0.118. The Bertz CT molecular complexity index is 440. The molecule has 1 amide bonds. The van der Waals surface area contributed by atoms with E-state index in [9.17, 15) is 9.59 Å². The Labute approximate surface area is 93.4 Å². The Kier molecular flexibility index (Phi) is 2.90. The molecule has 0 unspecified atom stereocenters. The van der Waals surface area contributed by atoms with Crippen LogP contribution in [0.4, 0.5) is 0 Å². The van der Waals surface area contributed by atoms with Gasteiger partial charge in [0.2, 0.25) is 5.91 Å². The first kappa shape index (κ1) is 10.7. The van der Waals surface area contributed by atoms with Crippen molar-refractivity contribution in [3.8, 4) is 5.75 Å². The van der Waals surface area contributed by atoms with Crippen LogP contribution in [0.25, 0.3) is 0 Å². The lowest BCUT2D eigenvalue weighted by Gasteiger charge is -2.08. The lowest BCUT2D eigenvalue weighted by Crippen LogP contribution is -2.14. The number of fused-ring (bicyclic) bond motifs is 1. The molecule has 0 saturated carbocycles. The Morgan fingerprint density at radius 3 is 2.94 bits per heavy atom. The number of carbonyl (C=O) groups is 2. The summed E-state index contributed by atoms with van der Waals surface area (Å²) in [6, 6.07) is 5.42. The standard InChI is InChI=1S/C12H13NO3/c13-12(15)6-7-16-11-3-1-2-8-9(11)4-5-10(8)14/h1-3H,4-7H2,(H2,13,15). The molecule has 0 fully saturated rings. The second-order valence-electron chi connectivity index (χ2n) is 3.77. The molecule has 0 radical (unpaired) electrons. The van der Waals surface area contributed by atoms with E-state index in [4.69, 9.17) is 10.5 Å². The van der Waals surface area contributed by atoms with Crippen molar-refractivity contribution in [2.75, 3.05) is 6.61 Å². The molecule has 0 aromatic heterocycles. The van der Waals surface area contributed by atoms with Crippen LogP contribution in [0, 0.1) is 0 Å². The number of rotatable bonds is 4. The molecule has 0 aliphatic heterocycles. The van der Waals surface area contributed by atoms with Crippen LogP contribution in [0.2, 0.25) is 0 Å². The topological polar surface area (TPSA) is 69.4 Å². The van der Waals surface area contributed by atoms with Crippen LogP contribution in [0.1, 0.15) is 28.8 Å². The number of ketones is 1. The third-order valence-electron chi connectivity index (χ3n) is 2.64. The summed E-state index contributed by atoms with van der Waals surface area (Å²) in [7, 11) is 0. The Morgan fingerprint density at radius 1 is 1.38 bits per heavy atom. The minimum Gasteiger partial charge on any atom is -0.493 e. The zero-order chi connectivity index (χ0) is 11.5. The molecule has 0 heterocycles. The molecule has 4 heteroatoms. The number of Topliss-reactive ketones (excluding diaryl/α,β-unsaturated/α-hetero) is 1. The highest BCUT2D eigenvalue weighted by Crippen LogP contribution is 2.30. The zero-order valence-electron chi connectivity index (χ0n) is 8.86. The summed E-state index contributed by atoms with van der Waals surface area (Å²) in [4.78, 5) is 22.0. The van der Waals surface area contributed by atoms with E-state index in [1.54, 1.807) is 6.07 Å². The summed E-state index contributed by atoms with van der Waals surface area (Å²) in [5.41, 5.74) is 6.72. The quantitative estimate of drug-likeness (QED) is 0.823. The van der Waals surface area contributed by atoms with Gasteiger partial charge in [0.15, 0.2) is 5.78 Å². The average Bonchev–Trinajstić information content (AvgIpc) is 2.61. The second-order valence-corrected chi connectivity index (χ2v) is 3.77. The van der Waals surface area contributed by atoms with E-state index in [2.05, 4.69) is 0 Å². The third-order valence-corrected chi connectivity index (χ3v) is 2.64. The first-order chi connectivity index (χ1) is 7.68. The van der Waals surface area contributed by atoms with Crippen molar-refractivity contribution in [2.24, 2.45) is 5.73 Å². The van der Waals surface area contributed by atoms with Crippen molar-refractivity contribution in [2.45, 2.75) is 19.3 Å². The van der Waals surface area contributed by atoms with Gasteiger partial charge in [0.25, 0.3) is 0 Å². The molecule has 0 atom stereocenters. The first-order valence-corrected chi connectivity index (χ1v) is 5.24. The summed E-state index contributed by atoms with van der Waals surface area (Å²) < 4.78 is 5.45. The third kappa shape index (κ3) is 2.05. The number of benzene rings is 1. The fourth-order valence-corrected chi connectivity index (χ4v) is 1.85. The fourth-order valence-electron chi connectivity index (χ4n) is 1.85. The molecule has 2 N–H and O–H groups in total. The molecule has 4 nitrogen and oxygen atoms in total. The van der Waals surface area contributed by atoms with Crippen molar-refractivity contribution in [3.05, 3.63) is 29.3 Å². The molecular weight excluding hydrogens is 206 g/mol. The van der Waals surface area contributed by atoms with Gasteiger partial charge in [0, 0.05) is 17.5 Å². The molecule has 84 valence electrons. The largest absolute Gasteiger partial charge is 0.493 e. The van der Waals surface area contributed by atoms with Gasteiger partial charge >= 0.3 is 0 Å². The van der Waals surface area contributed by atoms with Gasteiger partial charge in [0.1, 0.15) is 5.75 Å². The maximum absolute atomic E-state index is 11.5. The Hall–Kier alpha value is -1.84. The maximum Gasteiger partial charge on any atom is 0.220 e. The molecule has 1 aliphatic rings. The fraction of sp³-hybridized carbons (Fsp3) is 0.333. The summed E-state index contributed by atoms with van der Waals surface area (Å²) in [5.74, 6) is 0.476. The SMILES string of the molecule is NC(=O)CCOc1cccc2c1CCC2=O. The molecule has 2 rings (SSSR count). The smallest absolute Gasteiger partial charge is 0.220 e. The average molecular weight is 219 g/mol. The summed E-state index contributed by atoms with van der Waals surface area (Å²) in [5, 5.41) is 0. The van der Waals surface area contributed by atoms with Gasteiger partial charge in [-0.05, 0) is 12.5 Å². The number of nitrogens with two attached hydrogens (primary N) is 1. The van der Waals surface area contributed by atoms with E-state index in [1.807, 2.05) is 12.1 Å². The normalized spacial score (nSPS) is 13.6. The van der Waals surface area contributed by atoms with Crippen LogP contribution < -0.4 is 10.5 Å². The highest BCUT2D eigenvalue weighted by molar-refractivity contribution is 6.01. The maximum atomic E-state index is 11.5. The van der Waals surface area contributed by atoms with E-state index >= 15 is 0 Å². The van der Waals surface area contributed by atoms with Crippen LogP contribution in [0.15, 0.2) is 18.2 Å². The molecule has 0 saturated heterocycles. The van der Waals surface area contributed by atoms with Gasteiger partial charge in [-0.2, -0.15) is 0 Å². The molecular formula is C12H13NO3. The predicted molar refractivity (Wildman–Crippen MR) is 58.4 cm³/mol. The van der Waals surface area contributed by atoms with E-state index in [0.29, 0.717) is 12.2 Å². The highest BCUT2D eigenvalue weighted by atomic mass is 16.5. The second kappa shape index (κ2) is 4.35. The number of hydrogen-bond donors (Lipinski definition) is 1. The van der Waals surface area contributed by atoms with E-state index in [0.717, 1.165) is 17.5 Å². The van der Waals surface area contributed by atoms with Crippen molar-refractivity contribution in [1.29, 1.82) is 0 Å². The molecule has 1 aromatic rings. The van der Waals surface area contributed by atoms with Crippen molar-refractivity contribution in [1.82, 2.24) is 0 Å². The van der Waals surface area contributed by atoms with Crippen LogP contribution >= 0.6 is 0 Å². The minimum absolute atomic E-state index is 0.162. The van der Waals surface area contributed by atoms with Crippen LogP contribution in [-0.2, 0) is 11.2 Å². The van der Waals surface area contributed by atoms with E-state index < -0.39 is 0 Å². The van der Waals surface area contributed by atoms with Crippen molar-refractivity contribution >= 4 is 11.7 Å². The van der Waals surface area contributed by atoms with Crippen LogP contribution in [-0.4, -0.2) is 18.3 Å². The summed E-state index contributed by atoms with van der Waals surface area (Å²) in [6.07, 6.45) is 1.46. The van der Waals surface area contributed by atoms with E-state index in [1.165, 1.54) is 0 Å². The predicted octanol–water partition coefficient (Wildman–Crippen LogP) is 1.07. The van der Waals surface area contributed by atoms with E-state index in [-0.39, 0.29) is 24.7 Å². The molecule has 0 spiro atoms. The lowest BCUT2D eigenvalue weighted by atomic mass is 10.1. The monoisotopic (exact) mass is 219 g/mol. The number of primary amides is 1. The number of carbonyl (C=O) groups excluding carboxylic acids is 2. The number of ether oxygens (including phenoxy) is 1. The van der Waals surface area contributed by atoms with Gasteiger partial charge in [-0.25, -0.2) is 0 Å². The van der Waals surface area contributed by atoms with Gasteiger partial charge in [0.05, 0.1) is 13.0 Å². The molecule has 1 aromatic carbocycles.